The summed E-state index contributed by atoms with van der Waals surface area (Å²) >= 11 is 0.997. The molecule has 0 N–H and O–H groups in total. The Kier molecular flexibility index (Phi) is 6.17. The van der Waals surface area contributed by atoms with Gasteiger partial charge in [0.25, 0.3) is 17.2 Å². The first-order chi connectivity index (χ1) is 16.6. The number of aryl methyl sites for hydroxylation is 1. The van der Waals surface area contributed by atoms with Crippen LogP contribution in [0.3, 0.4) is 0 Å². The van der Waals surface area contributed by atoms with Gasteiger partial charge in [0.15, 0.2) is 16.0 Å². The molecule has 15 heteroatoms. The van der Waals surface area contributed by atoms with Crippen LogP contribution >= 0.6 is 11.3 Å². The van der Waals surface area contributed by atoms with Crippen LogP contribution in [0.15, 0.2) is 39.1 Å². The van der Waals surface area contributed by atoms with E-state index in [-0.39, 0.29) is 41.3 Å². The number of nitrogens with zero attached hydrogens (tertiary/aromatic N) is 7. The number of amides is 1. The number of non-ortho nitro benzene ring substituents is 1. The molecule has 0 atom stereocenters. The lowest BCUT2D eigenvalue weighted by Gasteiger charge is -2.06. The Balaban J connectivity index is 1.80. The highest BCUT2D eigenvalue weighted by molar-refractivity contribution is 7.16. The third kappa shape index (κ3) is 4.28. The van der Waals surface area contributed by atoms with Crippen molar-refractivity contribution in [1.82, 2.24) is 23.3 Å². The van der Waals surface area contributed by atoms with Crippen molar-refractivity contribution in [2.75, 3.05) is 6.61 Å². The Hall–Kier alpha value is -4.40. The predicted molar refractivity (Wildman–Crippen MR) is 124 cm³/mol. The lowest BCUT2D eigenvalue weighted by atomic mass is 10.3. The summed E-state index contributed by atoms with van der Waals surface area (Å²) in [5, 5.41) is 11.2. The molecule has 0 unspecified atom stereocenters. The second-order valence-electron chi connectivity index (χ2n) is 7.44. The molecule has 3 heterocycles. The quantitative estimate of drug-likeness (QED) is 0.203. The van der Waals surface area contributed by atoms with Crippen LogP contribution in [0.25, 0.3) is 21.4 Å². The van der Waals surface area contributed by atoms with Crippen molar-refractivity contribution in [3.63, 3.8) is 0 Å². The zero-order valence-corrected chi connectivity index (χ0v) is 19.6. The van der Waals surface area contributed by atoms with Gasteiger partial charge in [-0.1, -0.05) is 11.3 Å². The number of imidazole rings is 1. The van der Waals surface area contributed by atoms with Crippen molar-refractivity contribution in [2.45, 2.75) is 20.0 Å². The molecular weight excluding hydrogens is 482 g/mol. The fourth-order valence-corrected chi connectivity index (χ4v) is 4.63. The fraction of sp³-hybridized carbons (Fsp3) is 0.300. The lowest BCUT2D eigenvalue weighted by Crippen LogP contribution is -2.37. The number of carbonyl (C=O) groups excluding carboxylic acids is 2. The van der Waals surface area contributed by atoms with E-state index in [1.54, 1.807) is 6.92 Å². The van der Waals surface area contributed by atoms with Crippen LogP contribution in [-0.2, 0) is 41.5 Å². The van der Waals surface area contributed by atoms with Gasteiger partial charge >= 0.3 is 11.7 Å². The molecule has 14 nitrogen and oxygen atoms in total. The zero-order valence-electron chi connectivity index (χ0n) is 18.8. The summed E-state index contributed by atoms with van der Waals surface area (Å²) in [7, 11) is 2.78. The molecule has 3 aromatic heterocycles. The number of esters is 1. The standard InChI is InChI=1S/C20H19N7O7S/c1-4-34-15(29)9-26-12-6-5-11(27(32)33)7-13(12)35-19(26)22-14(28)8-25-10-21-17-16(25)18(30)24(3)20(31)23(17)2/h5-7,10H,4,8-9H2,1-3H3. The number of hydrogen-bond acceptors (Lipinski definition) is 9. The van der Waals surface area contributed by atoms with E-state index >= 15 is 0 Å². The average molecular weight is 501 g/mol. The summed E-state index contributed by atoms with van der Waals surface area (Å²) < 4.78 is 10.3. The number of ether oxygens (including phenoxy) is 1. The van der Waals surface area contributed by atoms with Gasteiger partial charge in [-0.25, -0.2) is 9.78 Å². The molecule has 0 saturated carbocycles. The third-order valence-electron chi connectivity index (χ3n) is 5.21. The van der Waals surface area contributed by atoms with Crippen molar-refractivity contribution < 1.29 is 19.2 Å². The van der Waals surface area contributed by atoms with E-state index in [1.165, 1.54) is 52.3 Å². The molecule has 4 rings (SSSR count). The van der Waals surface area contributed by atoms with Gasteiger partial charge in [-0.15, -0.1) is 0 Å². The second-order valence-corrected chi connectivity index (χ2v) is 8.45. The SMILES string of the molecule is CCOC(=O)Cn1c(=NC(=O)Cn2cnc3c2c(=O)n(C)c(=O)n3C)sc2cc([N+](=O)[O-])ccc21. The molecule has 35 heavy (non-hydrogen) atoms. The summed E-state index contributed by atoms with van der Waals surface area (Å²) in [5.41, 5.74) is -0.659. The minimum atomic E-state index is -0.668. The van der Waals surface area contributed by atoms with Gasteiger partial charge in [0.05, 0.1) is 28.1 Å². The number of fused-ring (bicyclic) bond motifs is 2. The Morgan fingerprint density at radius 3 is 2.63 bits per heavy atom. The van der Waals surface area contributed by atoms with Crippen molar-refractivity contribution in [2.24, 2.45) is 19.1 Å². The molecule has 0 aliphatic rings. The van der Waals surface area contributed by atoms with Gasteiger partial charge in [-0.3, -0.25) is 33.6 Å². The van der Waals surface area contributed by atoms with Crippen molar-refractivity contribution in [1.29, 1.82) is 0 Å². The highest BCUT2D eigenvalue weighted by atomic mass is 32.1. The average Bonchev–Trinajstić information content (AvgIpc) is 3.37. The van der Waals surface area contributed by atoms with Crippen molar-refractivity contribution in [3.05, 3.63) is 60.3 Å². The number of rotatable bonds is 6. The van der Waals surface area contributed by atoms with Gasteiger partial charge in [0.1, 0.15) is 13.1 Å². The van der Waals surface area contributed by atoms with E-state index in [9.17, 15) is 29.3 Å². The Morgan fingerprint density at radius 1 is 1.20 bits per heavy atom. The zero-order chi connectivity index (χ0) is 25.4. The summed E-state index contributed by atoms with van der Waals surface area (Å²) in [4.78, 5) is 68.6. The number of hydrogen-bond donors (Lipinski definition) is 0. The van der Waals surface area contributed by atoms with Crippen LogP contribution in [0, 0.1) is 10.1 Å². The number of carbonyl (C=O) groups is 2. The Bertz CT molecular complexity index is 1700. The van der Waals surface area contributed by atoms with E-state index < -0.39 is 28.0 Å². The van der Waals surface area contributed by atoms with E-state index in [1.807, 2.05) is 0 Å². The molecule has 1 amide bonds. The minimum Gasteiger partial charge on any atom is -0.465 e. The number of thiazole rings is 1. The van der Waals surface area contributed by atoms with Crippen molar-refractivity contribution >= 4 is 50.3 Å². The van der Waals surface area contributed by atoms with Gasteiger partial charge < -0.3 is 13.9 Å². The molecule has 1 aromatic carbocycles. The number of nitro benzene ring substituents is 1. The normalized spacial score (nSPS) is 11.9. The maximum absolute atomic E-state index is 12.9. The molecule has 0 aliphatic carbocycles. The predicted octanol–water partition coefficient (Wildman–Crippen LogP) is 0.0487. The molecule has 0 fully saturated rings. The van der Waals surface area contributed by atoms with Crippen LogP contribution in [0.1, 0.15) is 6.92 Å². The van der Waals surface area contributed by atoms with Gasteiger partial charge in [0, 0.05) is 26.2 Å². The van der Waals surface area contributed by atoms with Gasteiger partial charge in [-0.05, 0) is 13.0 Å². The summed E-state index contributed by atoms with van der Waals surface area (Å²) in [5.74, 6) is -1.23. The lowest BCUT2D eigenvalue weighted by molar-refractivity contribution is -0.384. The second kappa shape index (κ2) is 9.09. The number of aromatic nitrogens is 5. The monoisotopic (exact) mass is 501 g/mol. The van der Waals surface area contributed by atoms with Crippen LogP contribution < -0.4 is 16.1 Å². The maximum Gasteiger partial charge on any atom is 0.332 e. The Morgan fingerprint density at radius 2 is 1.94 bits per heavy atom. The number of nitro groups is 1. The molecule has 0 aliphatic heterocycles. The van der Waals surface area contributed by atoms with Crippen LogP contribution in [0.5, 0.6) is 0 Å². The first-order valence-electron chi connectivity index (χ1n) is 10.2. The fourth-order valence-electron chi connectivity index (χ4n) is 3.55. The number of benzene rings is 1. The molecule has 0 saturated heterocycles. The topological polar surface area (TPSA) is 166 Å². The van der Waals surface area contributed by atoms with Crippen LogP contribution in [0.2, 0.25) is 0 Å². The van der Waals surface area contributed by atoms with Gasteiger partial charge in [-0.2, -0.15) is 4.99 Å². The van der Waals surface area contributed by atoms with E-state index in [0.29, 0.717) is 10.2 Å². The summed E-state index contributed by atoms with van der Waals surface area (Å²) in [6, 6.07) is 4.10. The van der Waals surface area contributed by atoms with Crippen LogP contribution in [-0.4, -0.2) is 46.7 Å². The highest BCUT2D eigenvalue weighted by Gasteiger charge is 2.18. The van der Waals surface area contributed by atoms with Crippen molar-refractivity contribution in [3.8, 4) is 0 Å². The van der Waals surface area contributed by atoms with E-state index in [2.05, 4.69) is 9.98 Å². The highest BCUT2D eigenvalue weighted by Crippen LogP contribution is 2.23. The van der Waals surface area contributed by atoms with Gasteiger partial charge in [0.2, 0.25) is 0 Å². The molecule has 0 spiro atoms. The van der Waals surface area contributed by atoms with Crippen LogP contribution in [0.4, 0.5) is 5.69 Å². The molecule has 4 aromatic rings. The Labute approximate surface area is 199 Å². The molecule has 0 bridgehead atoms. The first-order valence-corrected chi connectivity index (χ1v) is 11.1. The molecular formula is C20H19N7O7S. The minimum absolute atomic E-state index is 0.0597. The van der Waals surface area contributed by atoms with E-state index in [0.717, 1.165) is 15.9 Å². The van der Waals surface area contributed by atoms with E-state index in [4.69, 9.17) is 4.74 Å². The molecule has 0 radical (unpaired) electrons. The summed E-state index contributed by atoms with van der Waals surface area (Å²) in [6.45, 7) is 1.19. The third-order valence-corrected chi connectivity index (χ3v) is 6.25. The largest absolute Gasteiger partial charge is 0.465 e. The first kappa shape index (κ1) is 23.7. The summed E-state index contributed by atoms with van der Waals surface area (Å²) in [6.07, 6.45) is 1.26. The maximum atomic E-state index is 12.9. The smallest absolute Gasteiger partial charge is 0.332 e. The molecule has 182 valence electrons.